The molecule has 0 radical (unpaired) electrons. The molecule has 0 N–H and O–H groups in total. The summed E-state index contributed by atoms with van der Waals surface area (Å²) in [5, 5.41) is 0. The van der Waals surface area contributed by atoms with E-state index < -0.39 is 0 Å². The molecular weight excluding hydrogens is 114 g/mol. The quantitative estimate of drug-likeness (QED) is 0.277. The predicted octanol–water partition coefficient (Wildman–Crippen LogP) is -7.18. The fourth-order valence-corrected chi connectivity index (χ4v) is 0. The van der Waals surface area contributed by atoms with E-state index >= 15 is 0 Å². The molecule has 0 saturated heterocycles. The Morgan fingerprint density at radius 2 is 0.750 bits per heavy atom. The average Bonchev–Trinajstić information content (AvgIpc) is 0. The van der Waals surface area contributed by atoms with Gasteiger partial charge in [0.05, 0.1) is 8.41 Å². The van der Waals surface area contributed by atoms with Crippen LogP contribution in [-0.4, -0.2) is 8.41 Å². The van der Waals surface area contributed by atoms with E-state index in [-0.39, 0.29) is 37.3 Å². The summed E-state index contributed by atoms with van der Waals surface area (Å²) in [6, 6.07) is 0. The Bertz CT molecular complexity index is 6.00. The van der Waals surface area contributed by atoms with Crippen molar-refractivity contribution < 1.29 is 28.9 Å². The molecule has 0 heterocycles. The maximum absolute atomic E-state index is 0. The fourth-order valence-electron chi connectivity index (χ4n) is 0. The summed E-state index contributed by atoms with van der Waals surface area (Å²) in [5.41, 5.74) is 0. The van der Waals surface area contributed by atoms with Gasteiger partial charge in [-0.2, -0.15) is 0 Å². The Labute approximate surface area is 38.0 Å². The van der Waals surface area contributed by atoms with Gasteiger partial charge in [0.25, 0.3) is 0 Å². The largest absolute Gasteiger partial charge is 2.00 e. The summed E-state index contributed by atoms with van der Waals surface area (Å²) in [4.78, 5) is 0. The Kier molecular flexibility index (Phi) is 3650. The first kappa shape index (κ1) is 190. The standard InChI is InChI=1S/BH3.2FH.Zn/h1H3;2*1H;/q;;;+2/p-2. The van der Waals surface area contributed by atoms with Gasteiger partial charge in [-0.25, -0.2) is 0 Å². The van der Waals surface area contributed by atoms with Crippen LogP contribution in [0.2, 0.25) is 0 Å². The molecule has 0 saturated carbocycles. The van der Waals surface area contributed by atoms with Crippen LogP contribution in [0, 0.1) is 0 Å². The Morgan fingerprint density at radius 1 is 0.750 bits per heavy atom. The van der Waals surface area contributed by atoms with Gasteiger partial charge >= 0.3 is 19.5 Å². The molecule has 0 atom stereocenters. The van der Waals surface area contributed by atoms with Crippen molar-refractivity contribution in [3.63, 3.8) is 0 Å². The minimum Gasteiger partial charge on any atom is -1.00 e. The van der Waals surface area contributed by atoms with Crippen LogP contribution >= 0.6 is 0 Å². The molecule has 0 nitrogen and oxygen atoms in total. The van der Waals surface area contributed by atoms with Crippen molar-refractivity contribution in [3.05, 3.63) is 0 Å². The van der Waals surface area contributed by atoms with E-state index in [1.807, 2.05) is 0 Å². The van der Waals surface area contributed by atoms with Crippen molar-refractivity contribution in [3.8, 4) is 0 Å². The monoisotopic (exact) mass is 116 g/mol. The molecular formula is H3BF2Zn. The van der Waals surface area contributed by atoms with Crippen LogP contribution in [-0.2, 0) is 19.5 Å². The summed E-state index contributed by atoms with van der Waals surface area (Å²) in [6.45, 7) is 0. The third-order valence-electron chi connectivity index (χ3n) is 0. The van der Waals surface area contributed by atoms with Crippen LogP contribution in [0.25, 0.3) is 0 Å². The average molecular weight is 117 g/mol. The van der Waals surface area contributed by atoms with E-state index in [2.05, 4.69) is 0 Å². The Hall–Kier alpha value is 0.548. The van der Waals surface area contributed by atoms with E-state index in [4.69, 9.17) is 0 Å². The van der Waals surface area contributed by atoms with Gasteiger partial charge in [0, 0.05) is 0 Å². The Morgan fingerprint density at radius 3 is 0.750 bits per heavy atom. The zero-order valence-corrected chi connectivity index (χ0v) is 4.43. The van der Waals surface area contributed by atoms with Crippen LogP contribution < -0.4 is 9.41 Å². The van der Waals surface area contributed by atoms with Gasteiger partial charge in [-0.3, -0.25) is 0 Å². The third kappa shape index (κ3) is 20.3. The molecule has 0 amide bonds. The molecule has 0 spiro atoms. The second kappa shape index (κ2) is 76.6. The van der Waals surface area contributed by atoms with Crippen LogP contribution in [0.4, 0.5) is 0 Å². The van der Waals surface area contributed by atoms with E-state index in [1.165, 1.54) is 0 Å². The number of hydrogen-bond acceptors (Lipinski definition) is 0. The molecule has 4 heteroatoms. The van der Waals surface area contributed by atoms with Gasteiger partial charge in [0.15, 0.2) is 0 Å². The van der Waals surface area contributed by atoms with E-state index in [0.29, 0.717) is 0 Å². The van der Waals surface area contributed by atoms with Crippen molar-refractivity contribution in [1.82, 2.24) is 0 Å². The first-order chi connectivity index (χ1) is 0. The summed E-state index contributed by atoms with van der Waals surface area (Å²) in [6.07, 6.45) is 0. The first-order valence-electron chi connectivity index (χ1n) is 0. The van der Waals surface area contributed by atoms with E-state index in [9.17, 15) is 0 Å². The van der Waals surface area contributed by atoms with Crippen LogP contribution in [0.3, 0.4) is 0 Å². The molecule has 0 aromatic carbocycles. The molecule has 0 unspecified atom stereocenters. The number of halogens is 2. The molecule has 0 aromatic heterocycles. The van der Waals surface area contributed by atoms with Gasteiger partial charge in [0.1, 0.15) is 0 Å². The van der Waals surface area contributed by atoms with Gasteiger partial charge in [-0.05, 0) is 0 Å². The zero-order valence-electron chi connectivity index (χ0n) is 1.46. The maximum atomic E-state index is 0. The summed E-state index contributed by atoms with van der Waals surface area (Å²) >= 11 is 0. The summed E-state index contributed by atoms with van der Waals surface area (Å²) in [7, 11) is 0. The summed E-state index contributed by atoms with van der Waals surface area (Å²) in [5.74, 6) is 0. The molecule has 4 heavy (non-hydrogen) atoms. The third-order valence-corrected chi connectivity index (χ3v) is 0. The van der Waals surface area contributed by atoms with Gasteiger partial charge < -0.3 is 9.41 Å². The molecule has 0 aromatic rings. The van der Waals surface area contributed by atoms with Crippen LogP contribution in [0.5, 0.6) is 0 Å². The van der Waals surface area contributed by atoms with Gasteiger partial charge in [-0.15, -0.1) is 0 Å². The van der Waals surface area contributed by atoms with Gasteiger partial charge in [0.2, 0.25) is 0 Å². The Balaban J connectivity index is 0. The molecule has 0 aliphatic heterocycles. The molecule has 0 aliphatic rings. The van der Waals surface area contributed by atoms with E-state index in [1.54, 1.807) is 0 Å². The smallest absolute Gasteiger partial charge is 1.00 e. The van der Waals surface area contributed by atoms with Gasteiger partial charge in [-0.1, -0.05) is 0 Å². The minimum atomic E-state index is 0. The minimum absolute atomic E-state index is 0. The predicted molar refractivity (Wildman–Crippen MR) is 9.94 cm³/mol. The summed E-state index contributed by atoms with van der Waals surface area (Å²) < 4.78 is 0. The van der Waals surface area contributed by atoms with Crippen LogP contribution in [0.15, 0.2) is 0 Å². The normalized spacial score (nSPS) is 0. The topological polar surface area (TPSA) is 0 Å². The van der Waals surface area contributed by atoms with Crippen LogP contribution in [0.1, 0.15) is 0 Å². The number of rotatable bonds is 0. The van der Waals surface area contributed by atoms with Crippen molar-refractivity contribution in [2.24, 2.45) is 0 Å². The SMILES string of the molecule is B.[F-].[F-].[Zn+2]. The maximum Gasteiger partial charge on any atom is 2.00 e. The molecule has 0 bridgehead atoms. The number of hydrogen-bond donors (Lipinski definition) is 0. The van der Waals surface area contributed by atoms with Crippen molar-refractivity contribution >= 4 is 8.41 Å². The molecule has 22 valence electrons. The second-order valence-corrected chi connectivity index (χ2v) is 0. The molecule has 0 rings (SSSR count). The first-order valence-corrected chi connectivity index (χ1v) is 0. The second-order valence-electron chi connectivity index (χ2n) is 0. The van der Waals surface area contributed by atoms with E-state index in [0.717, 1.165) is 0 Å². The zero-order chi connectivity index (χ0) is 0. The van der Waals surface area contributed by atoms with Crippen molar-refractivity contribution in [2.45, 2.75) is 0 Å². The van der Waals surface area contributed by atoms with Crippen molar-refractivity contribution in [1.29, 1.82) is 0 Å². The molecule has 0 fully saturated rings. The van der Waals surface area contributed by atoms with Crippen molar-refractivity contribution in [2.75, 3.05) is 0 Å². The fraction of sp³-hybridized carbons (Fsp3) is 0. The molecule has 0 aliphatic carbocycles.